The van der Waals surface area contributed by atoms with Crippen molar-refractivity contribution in [2.24, 2.45) is 0 Å². The molecule has 0 atom stereocenters. The van der Waals surface area contributed by atoms with Gasteiger partial charge in [-0.15, -0.1) is 0 Å². The van der Waals surface area contributed by atoms with E-state index < -0.39 is 5.97 Å². The molecule has 0 aromatic heterocycles. The van der Waals surface area contributed by atoms with Crippen molar-refractivity contribution in [2.75, 3.05) is 21.3 Å². The molecule has 0 saturated carbocycles. The predicted octanol–water partition coefficient (Wildman–Crippen LogP) is 1.92. The predicted molar refractivity (Wildman–Crippen MR) is 70.1 cm³/mol. The normalized spacial score (nSPS) is 8.85. The largest absolute Gasteiger partial charge is 0.496 e. The van der Waals surface area contributed by atoms with E-state index in [-0.39, 0.29) is 16.9 Å². The number of carbonyl (C=O) groups excluding carboxylic acids is 1. The van der Waals surface area contributed by atoms with Gasteiger partial charge in [-0.2, -0.15) is 10.5 Å². The van der Waals surface area contributed by atoms with Crippen LogP contribution in [0.4, 0.5) is 0 Å². The molecule has 0 amide bonds. The third-order valence-electron chi connectivity index (χ3n) is 2.50. The van der Waals surface area contributed by atoms with Crippen LogP contribution in [0.25, 0.3) is 6.08 Å². The van der Waals surface area contributed by atoms with E-state index in [0.29, 0.717) is 11.3 Å². The smallest absolute Gasteiger partial charge is 0.341 e. The fraction of sp³-hybridized carbons (Fsp3) is 0.214. The molecule has 1 rings (SSSR count). The summed E-state index contributed by atoms with van der Waals surface area (Å²) in [5.41, 5.74) is 0.480. The summed E-state index contributed by atoms with van der Waals surface area (Å²) in [5, 5.41) is 17.6. The van der Waals surface area contributed by atoms with Crippen molar-refractivity contribution in [3.63, 3.8) is 0 Å². The molecular formula is C14H12N2O4. The maximum atomic E-state index is 11.7. The standard InChI is InChI=1S/C14H12N2O4/c1-18-12-6-13(19-2)11(14(17)20-3)5-10(12)4-9(7-15)8-16/h4-6H,1-3H3. The minimum absolute atomic E-state index is 0.107. The maximum Gasteiger partial charge on any atom is 0.341 e. The van der Waals surface area contributed by atoms with E-state index in [9.17, 15) is 4.79 Å². The molecule has 0 fully saturated rings. The van der Waals surface area contributed by atoms with Gasteiger partial charge in [0, 0.05) is 11.6 Å². The molecule has 20 heavy (non-hydrogen) atoms. The number of hydrogen-bond donors (Lipinski definition) is 0. The third-order valence-corrected chi connectivity index (χ3v) is 2.50. The van der Waals surface area contributed by atoms with Crippen LogP contribution in [-0.2, 0) is 4.74 Å². The molecule has 0 saturated heterocycles. The van der Waals surface area contributed by atoms with Crippen molar-refractivity contribution in [1.82, 2.24) is 0 Å². The molecule has 6 heteroatoms. The number of carbonyl (C=O) groups is 1. The van der Waals surface area contributed by atoms with Crippen molar-refractivity contribution in [1.29, 1.82) is 10.5 Å². The topological polar surface area (TPSA) is 92.3 Å². The highest BCUT2D eigenvalue weighted by molar-refractivity contribution is 5.94. The Morgan fingerprint density at radius 2 is 1.70 bits per heavy atom. The Labute approximate surface area is 116 Å². The minimum atomic E-state index is -0.588. The van der Waals surface area contributed by atoms with Gasteiger partial charge in [-0.1, -0.05) is 0 Å². The van der Waals surface area contributed by atoms with E-state index in [1.165, 1.54) is 39.5 Å². The monoisotopic (exact) mass is 272 g/mol. The number of esters is 1. The highest BCUT2D eigenvalue weighted by Crippen LogP contribution is 2.31. The molecule has 102 valence electrons. The van der Waals surface area contributed by atoms with Crippen molar-refractivity contribution >= 4 is 12.0 Å². The SMILES string of the molecule is COC(=O)c1cc(C=C(C#N)C#N)c(OC)cc1OC. The number of allylic oxidation sites excluding steroid dienone is 1. The molecular weight excluding hydrogens is 260 g/mol. The molecule has 1 aromatic rings. The number of ether oxygens (including phenoxy) is 3. The lowest BCUT2D eigenvalue weighted by Gasteiger charge is -2.11. The van der Waals surface area contributed by atoms with Gasteiger partial charge in [0.2, 0.25) is 0 Å². The van der Waals surface area contributed by atoms with Gasteiger partial charge in [0.25, 0.3) is 0 Å². The first kappa shape index (κ1) is 15.1. The van der Waals surface area contributed by atoms with Gasteiger partial charge in [0.1, 0.15) is 34.8 Å². The zero-order chi connectivity index (χ0) is 15.1. The van der Waals surface area contributed by atoms with Crippen LogP contribution in [0.5, 0.6) is 11.5 Å². The Morgan fingerprint density at radius 3 is 2.15 bits per heavy atom. The van der Waals surface area contributed by atoms with Crippen molar-refractivity contribution in [3.8, 4) is 23.6 Å². The fourth-order valence-electron chi connectivity index (χ4n) is 1.55. The Bertz CT molecular complexity index is 620. The summed E-state index contributed by atoms with van der Waals surface area (Å²) in [5.74, 6) is 0.0634. The lowest BCUT2D eigenvalue weighted by molar-refractivity contribution is 0.0597. The molecule has 0 unspecified atom stereocenters. The average Bonchev–Trinajstić information content (AvgIpc) is 2.50. The number of benzene rings is 1. The zero-order valence-electron chi connectivity index (χ0n) is 11.3. The van der Waals surface area contributed by atoms with E-state index in [2.05, 4.69) is 4.74 Å². The molecule has 0 radical (unpaired) electrons. The molecule has 0 bridgehead atoms. The van der Waals surface area contributed by atoms with Crippen LogP contribution in [0, 0.1) is 22.7 Å². The van der Waals surface area contributed by atoms with Crippen LogP contribution < -0.4 is 9.47 Å². The summed E-state index contributed by atoms with van der Waals surface area (Å²) in [6.45, 7) is 0. The van der Waals surface area contributed by atoms with E-state index in [1.807, 2.05) is 0 Å². The molecule has 0 spiro atoms. The van der Waals surface area contributed by atoms with E-state index in [1.54, 1.807) is 12.1 Å². The number of hydrogen-bond acceptors (Lipinski definition) is 6. The van der Waals surface area contributed by atoms with E-state index in [0.717, 1.165) is 0 Å². The van der Waals surface area contributed by atoms with Crippen LogP contribution in [0.3, 0.4) is 0 Å². The van der Waals surface area contributed by atoms with Crippen LogP contribution in [0.2, 0.25) is 0 Å². The first-order chi connectivity index (χ1) is 9.60. The van der Waals surface area contributed by atoms with Gasteiger partial charge in [0.15, 0.2) is 0 Å². The molecule has 6 nitrogen and oxygen atoms in total. The quantitative estimate of drug-likeness (QED) is 0.614. The first-order valence-corrected chi connectivity index (χ1v) is 5.47. The average molecular weight is 272 g/mol. The van der Waals surface area contributed by atoms with Crippen molar-refractivity contribution in [2.45, 2.75) is 0 Å². The Morgan fingerprint density at radius 1 is 1.10 bits per heavy atom. The molecule has 0 heterocycles. The van der Waals surface area contributed by atoms with Gasteiger partial charge < -0.3 is 14.2 Å². The van der Waals surface area contributed by atoms with Gasteiger partial charge in [-0.3, -0.25) is 0 Å². The maximum absolute atomic E-state index is 11.7. The highest BCUT2D eigenvalue weighted by Gasteiger charge is 2.17. The van der Waals surface area contributed by atoms with E-state index in [4.69, 9.17) is 20.0 Å². The molecule has 0 aliphatic carbocycles. The lowest BCUT2D eigenvalue weighted by Crippen LogP contribution is -2.05. The number of nitrogens with zero attached hydrogens (tertiary/aromatic N) is 2. The second kappa shape index (κ2) is 6.81. The number of methoxy groups -OCH3 is 3. The second-order valence-corrected chi connectivity index (χ2v) is 3.57. The third kappa shape index (κ3) is 3.06. The molecule has 0 N–H and O–H groups in total. The minimum Gasteiger partial charge on any atom is -0.496 e. The van der Waals surface area contributed by atoms with Gasteiger partial charge in [0.05, 0.1) is 21.3 Å². The Balaban J connectivity index is 3.52. The zero-order valence-corrected chi connectivity index (χ0v) is 11.3. The summed E-state index contributed by atoms with van der Waals surface area (Å²) in [6.07, 6.45) is 1.32. The molecule has 0 aliphatic rings. The highest BCUT2D eigenvalue weighted by atomic mass is 16.5. The van der Waals surface area contributed by atoms with Crippen LogP contribution in [0.1, 0.15) is 15.9 Å². The Kier molecular flexibility index (Phi) is 5.13. The van der Waals surface area contributed by atoms with Gasteiger partial charge in [-0.05, 0) is 12.1 Å². The number of nitriles is 2. The second-order valence-electron chi connectivity index (χ2n) is 3.57. The summed E-state index contributed by atoms with van der Waals surface area (Å²) < 4.78 is 14.9. The summed E-state index contributed by atoms with van der Waals surface area (Å²) in [4.78, 5) is 11.7. The fourth-order valence-corrected chi connectivity index (χ4v) is 1.55. The molecule has 1 aromatic carbocycles. The molecule has 0 aliphatic heterocycles. The summed E-state index contributed by atoms with van der Waals surface area (Å²) >= 11 is 0. The summed E-state index contributed by atoms with van der Waals surface area (Å²) in [7, 11) is 4.09. The van der Waals surface area contributed by atoms with Crippen molar-refractivity contribution < 1.29 is 19.0 Å². The van der Waals surface area contributed by atoms with Gasteiger partial charge in [-0.25, -0.2) is 4.79 Å². The van der Waals surface area contributed by atoms with E-state index >= 15 is 0 Å². The lowest BCUT2D eigenvalue weighted by atomic mass is 10.1. The summed E-state index contributed by atoms with van der Waals surface area (Å²) in [6, 6.07) is 6.41. The first-order valence-electron chi connectivity index (χ1n) is 5.47. The van der Waals surface area contributed by atoms with Crippen LogP contribution in [0.15, 0.2) is 17.7 Å². The van der Waals surface area contributed by atoms with Gasteiger partial charge >= 0.3 is 5.97 Å². The number of rotatable bonds is 4. The van der Waals surface area contributed by atoms with Crippen molar-refractivity contribution in [3.05, 3.63) is 28.8 Å². The van der Waals surface area contributed by atoms with Crippen LogP contribution >= 0.6 is 0 Å². The van der Waals surface area contributed by atoms with Crippen LogP contribution in [-0.4, -0.2) is 27.3 Å². The Hall–Kier alpha value is -2.99.